The Morgan fingerprint density at radius 1 is 1.09 bits per heavy atom. The number of benzene rings is 2. The molecule has 33 heavy (non-hydrogen) atoms. The van der Waals surface area contributed by atoms with Crippen molar-refractivity contribution in [2.75, 3.05) is 0 Å². The number of nitrogens with zero attached hydrogens (tertiary/aromatic N) is 6. The lowest BCUT2D eigenvalue weighted by molar-refractivity contribution is -0.246. The third-order valence-corrected chi connectivity index (χ3v) is 5.95. The van der Waals surface area contributed by atoms with Gasteiger partial charge < -0.3 is 5.11 Å². The number of tetrazole rings is 1. The third kappa shape index (κ3) is 3.41. The first-order valence-corrected chi connectivity index (χ1v) is 10.5. The van der Waals surface area contributed by atoms with Gasteiger partial charge in [-0.15, -0.1) is 10.2 Å². The zero-order chi connectivity index (χ0) is 23.4. The van der Waals surface area contributed by atoms with Gasteiger partial charge in [-0.2, -0.15) is 23.1 Å². The van der Waals surface area contributed by atoms with Gasteiger partial charge in [0.25, 0.3) is 0 Å². The van der Waals surface area contributed by atoms with Gasteiger partial charge >= 0.3 is 6.18 Å². The highest BCUT2D eigenvalue weighted by Gasteiger charge is 2.61. The minimum Gasteiger partial charge on any atom is -0.372 e. The first-order chi connectivity index (χ1) is 15.7. The molecule has 0 aliphatic heterocycles. The molecule has 0 amide bonds. The van der Waals surface area contributed by atoms with Crippen molar-refractivity contribution in [3.8, 4) is 22.3 Å². The molecule has 2 aromatic carbocycles. The molecule has 1 N–H and O–H groups in total. The molecule has 1 atom stereocenters. The number of aromatic nitrogens is 6. The van der Waals surface area contributed by atoms with E-state index in [4.69, 9.17) is 0 Å². The number of fused-ring (bicyclic) bond motifs is 3. The number of hydrogen-bond donors (Lipinski definition) is 1. The van der Waals surface area contributed by atoms with Gasteiger partial charge in [0.05, 0.1) is 13.2 Å². The van der Waals surface area contributed by atoms with Gasteiger partial charge in [-0.05, 0) is 35.2 Å². The number of aryl methyl sites for hydroxylation is 4. The van der Waals surface area contributed by atoms with Crippen LogP contribution in [0.5, 0.6) is 0 Å². The van der Waals surface area contributed by atoms with Crippen LogP contribution in [0.25, 0.3) is 22.3 Å². The summed E-state index contributed by atoms with van der Waals surface area (Å²) in [5.74, 6) is 0.643. The molecule has 0 fully saturated rings. The summed E-state index contributed by atoms with van der Waals surface area (Å²) in [6.07, 6.45) is -0.0435. The van der Waals surface area contributed by atoms with E-state index in [2.05, 4.69) is 20.5 Å². The normalized spacial score (nSPS) is 17.3. The number of halogens is 3. The van der Waals surface area contributed by atoms with E-state index < -0.39 is 11.8 Å². The number of aliphatic hydroxyl groups is 1. The lowest BCUT2D eigenvalue weighted by atomic mass is 9.88. The van der Waals surface area contributed by atoms with Crippen LogP contribution in [0.3, 0.4) is 0 Å². The van der Waals surface area contributed by atoms with Crippen molar-refractivity contribution in [2.24, 2.45) is 7.05 Å². The van der Waals surface area contributed by atoms with Gasteiger partial charge in [0.1, 0.15) is 0 Å². The van der Waals surface area contributed by atoms with Crippen molar-refractivity contribution >= 4 is 0 Å². The van der Waals surface area contributed by atoms with Crippen LogP contribution in [0, 0.1) is 6.92 Å². The highest BCUT2D eigenvalue weighted by Crippen LogP contribution is 2.57. The van der Waals surface area contributed by atoms with Gasteiger partial charge in [-0.3, -0.25) is 4.68 Å². The summed E-state index contributed by atoms with van der Waals surface area (Å²) in [5.41, 5.74) is -0.660. The number of hydrogen-bond acceptors (Lipinski definition) is 5. The van der Waals surface area contributed by atoms with Gasteiger partial charge in [0.15, 0.2) is 5.82 Å². The summed E-state index contributed by atoms with van der Waals surface area (Å²) in [5, 5.41) is 27.3. The summed E-state index contributed by atoms with van der Waals surface area (Å²) in [7, 11) is 1.70. The Labute approximate surface area is 187 Å². The fourth-order valence-electron chi connectivity index (χ4n) is 4.50. The van der Waals surface area contributed by atoms with Crippen molar-refractivity contribution < 1.29 is 18.3 Å². The summed E-state index contributed by atoms with van der Waals surface area (Å²) >= 11 is 0. The lowest BCUT2D eigenvalue weighted by Gasteiger charge is -2.28. The standard InChI is InChI=1S/C23H21F3N6O/c1-14-10-17(15-12-27-32(13-15)9-5-8-20-28-30-31(2)29-20)21-16-6-3-4-7-18(16)22(33,19(21)11-14)23(24,25)26/h3-4,6-7,10-13,33H,5,8-9H2,1-2H3. The van der Waals surface area contributed by atoms with Crippen LogP contribution in [-0.4, -0.2) is 41.3 Å². The minimum absolute atomic E-state index is 0.146. The van der Waals surface area contributed by atoms with Crippen molar-refractivity contribution in [1.82, 2.24) is 30.0 Å². The summed E-state index contributed by atoms with van der Waals surface area (Å²) in [6.45, 7) is 2.32. The maximum atomic E-state index is 14.2. The second kappa shape index (κ2) is 7.51. The number of rotatable bonds is 5. The molecule has 1 unspecified atom stereocenters. The van der Waals surface area contributed by atoms with Gasteiger partial charge in [0.2, 0.25) is 5.60 Å². The summed E-state index contributed by atoms with van der Waals surface area (Å²) in [4.78, 5) is 1.40. The smallest absolute Gasteiger partial charge is 0.372 e. The fourth-order valence-corrected chi connectivity index (χ4v) is 4.50. The quantitative estimate of drug-likeness (QED) is 0.496. The van der Waals surface area contributed by atoms with E-state index in [0.29, 0.717) is 46.6 Å². The molecule has 170 valence electrons. The Hall–Kier alpha value is -3.53. The zero-order valence-electron chi connectivity index (χ0n) is 18.0. The van der Waals surface area contributed by atoms with E-state index in [0.717, 1.165) is 6.42 Å². The Balaban J connectivity index is 1.53. The second-order valence-electron chi connectivity index (χ2n) is 8.28. The van der Waals surface area contributed by atoms with Crippen LogP contribution in [0.1, 0.15) is 28.9 Å². The lowest BCUT2D eigenvalue weighted by Crippen LogP contribution is -2.41. The molecule has 0 spiro atoms. The van der Waals surface area contributed by atoms with Crippen molar-refractivity contribution in [2.45, 2.75) is 38.1 Å². The summed E-state index contributed by atoms with van der Waals surface area (Å²) in [6, 6.07) is 9.41. The van der Waals surface area contributed by atoms with Gasteiger partial charge in [-0.25, -0.2) is 0 Å². The predicted octanol–water partition coefficient (Wildman–Crippen LogP) is 3.79. The zero-order valence-corrected chi connectivity index (χ0v) is 18.0. The van der Waals surface area contributed by atoms with Crippen LogP contribution in [-0.2, 0) is 25.6 Å². The van der Waals surface area contributed by atoms with Crippen molar-refractivity contribution in [3.63, 3.8) is 0 Å². The highest BCUT2D eigenvalue weighted by molar-refractivity contribution is 5.92. The first kappa shape index (κ1) is 21.3. The van der Waals surface area contributed by atoms with Crippen LogP contribution in [0.4, 0.5) is 13.2 Å². The van der Waals surface area contributed by atoms with Crippen LogP contribution in [0.2, 0.25) is 0 Å². The third-order valence-electron chi connectivity index (χ3n) is 5.95. The average molecular weight is 454 g/mol. The Bertz CT molecular complexity index is 1340. The molecule has 10 heteroatoms. The molecular weight excluding hydrogens is 433 g/mol. The van der Waals surface area contributed by atoms with Crippen LogP contribution in [0.15, 0.2) is 48.8 Å². The fraction of sp³-hybridized carbons (Fsp3) is 0.304. The molecule has 2 aromatic heterocycles. The SMILES string of the molecule is Cc1cc(-c2cnn(CCCc3nnn(C)n3)c2)c2c(c1)C(O)(C(F)(F)F)c1ccccc1-2. The monoisotopic (exact) mass is 454 g/mol. The van der Waals surface area contributed by atoms with Gasteiger partial charge in [-0.1, -0.05) is 42.0 Å². The second-order valence-corrected chi connectivity index (χ2v) is 8.28. The van der Waals surface area contributed by atoms with E-state index in [-0.39, 0.29) is 11.1 Å². The topological polar surface area (TPSA) is 81.7 Å². The summed E-state index contributed by atoms with van der Waals surface area (Å²) < 4.78 is 44.3. The molecule has 2 heterocycles. The Morgan fingerprint density at radius 3 is 2.61 bits per heavy atom. The molecule has 5 rings (SSSR count). The largest absolute Gasteiger partial charge is 0.425 e. The van der Waals surface area contributed by atoms with E-state index in [1.54, 1.807) is 37.0 Å². The van der Waals surface area contributed by atoms with Crippen molar-refractivity contribution in [3.05, 3.63) is 71.3 Å². The first-order valence-electron chi connectivity index (χ1n) is 10.5. The van der Waals surface area contributed by atoms with E-state index in [9.17, 15) is 18.3 Å². The molecule has 1 aliphatic carbocycles. The molecule has 1 aliphatic rings. The van der Waals surface area contributed by atoms with Crippen molar-refractivity contribution in [1.29, 1.82) is 0 Å². The molecule has 0 radical (unpaired) electrons. The van der Waals surface area contributed by atoms with Gasteiger partial charge in [0, 0.05) is 35.9 Å². The molecule has 0 bridgehead atoms. The molecule has 0 saturated heterocycles. The predicted molar refractivity (Wildman–Crippen MR) is 114 cm³/mol. The average Bonchev–Trinajstić information content (AvgIpc) is 3.46. The van der Waals surface area contributed by atoms with Crippen LogP contribution < -0.4 is 0 Å². The van der Waals surface area contributed by atoms with E-state index in [1.807, 2.05) is 12.3 Å². The van der Waals surface area contributed by atoms with E-state index in [1.165, 1.54) is 23.0 Å². The highest BCUT2D eigenvalue weighted by atomic mass is 19.4. The maximum absolute atomic E-state index is 14.2. The molecular formula is C23H21F3N6O. The Morgan fingerprint density at radius 2 is 1.88 bits per heavy atom. The minimum atomic E-state index is -4.86. The molecule has 7 nitrogen and oxygen atoms in total. The van der Waals surface area contributed by atoms with E-state index >= 15 is 0 Å². The maximum Gasteiger partial charge on any atom is 0.425 e. The van der Waals surface area contributed by atoms with Crippen LogP contribution >= 0.6 is 0 Å². The molecule has 4 aromatic rings. The molecule has 0 saturated carbocycles. The number of alkyl halides is 3. The Kier molecular flexibility index (Phi) is 4.86.